The van der Waals surface area contributed by atoms with E-state index in [0.717, 1.165) is 37.0 Å². The fraction of sp³-hybridized carbons (Fsp3) is 0.780. The van der Waals surface area contributed by atoms with Crippen molar-refractivity contribution in [1.29, 1.82) is 0 Å². The van der Waals surface area contributed by atoms with Crippen molar-refractivity contribution in [2.75, 3.05) is 27.8 Å². The number of rotatable bonds is 23. The summed E-state index contributed by atoms with van der Waals surface area (Å²) < 4.78 is 12.2. The maximum Gasteiger partial charge on any atom is 0.245 e. The lowest BCUT2D eigenvalue weighted by Gasteiger charge is -2.43. The van der Waals surface area contributed by atoms with E-state index in [-0.39, 0.29) is 59.6 Å². The van der Waals surface area contributed by atoms with E-state index < -0.39 is 30.2 Å². The number of nitrogens with zero attached hydrogens (tertiary/aromatic N) is 2. The van der Waals surface area contributed by atoms with Crippen LogP contribution < -0.4 is 10.6 Å². The van der Waals surface area contributed by atoms with Gasteiger partial charge in [0.15, 0.2) is 0 Å². The summed E-state index contributed by atoms with van der Waals surface area (Å²) in [6, 6.07) is -1.63. The lowest BCUT2D eigenvalue weighted by molar-refractivity contribution is -0.143. The number of methoxy groups -OCH3 is 2. The van der Waals surface area contributed by atoms with Crippen LogP contribution in [-0.2, 0) is 23.9 Å². The van der Waals surface area contributed by atoms with Gasteiger partial charge in [0.25, 0.3) is 0 Å². The molecule has 10 nitrogen and oxygen atoms in total. The lowest BCUT2D eigenvalue weighted by Crippen LogP contribution is -2.58. The number of aliphatic hydroxyl groups is 1. The van der Waals surface area contributed by atoms with Crippen molar-refractivity contribution in [3.8, 4) is 0 Å². The number of carbonyl (C=O) groups is 3. The predicted octanol–water partition coefficient (Wildman–Crippen LogP) is 6.10. The molecule has 0 aromatic carbocycles. The van der Waals surface area contributed by atoms with Gasteiger partial charge in [-0.1, -0.05) is 93.5 Å². The van der Waals surface area contributed by atoms with Gasteiger partial charge in [-0.05, 0) is 56.4 Å². The molecule has 0 radical (unpaired) electrons. The largest absolute Gasteiger partial charge is 0.386 e. The van der Waals surface area contributed by atoms with Crippen LogP contribution in [0.2, 0.25) is 0 Å². The molecule has 0 fully saturated rings. The number of nitrogens with one attached hydrogen (secondary N) is 2. The van der Waals surface area contributed by atoms with E-state index in [1.54, 1.807) is 19.1 Å². The molecule has 294 valence electrons. The highest BCUT2D eigenvalue weighted by atomic mass is 16.5. The first-order valence-corrected chi connectivity index (χ1v) is 19.3. The van der Waals surface area contributed by atoms with Crippen LogP contribution >= 0.6 is 0 Å². The van der Waals surface area contributed by atoms with Gasteiger partial charge in [0.1, 0.15) is 6.04 Å². The number of ether oxygens (including phenoxy) is 2. The Morgan fingerprint density at radius 1 is 0.902 bits per heavy atom. The van der Waals surface area contributed by atoms with Crippen molar-refractivity contribution in [2.24, 2.45) is 29.6 Å². The molecule has 0 saturated heterocycles. The number of aliphatic hydroxyl groups excluding tert-OH is 1. The van der Waals surface area contributed by atoms with Crippen molar-refractivity contribution in [3.63, 3.8) is 0 Å². The van der Waals surface area contributed by atoms with Crippen LogP contribution in [0, 0.1) is 29.6 Å². The van der Waals surface area contributed by atoms with Gasteiger partial charge in [0.05, 0.1) is 42.4 Å². The number of carbonyl (C=O) groups excluding carboxylic acids is 3. The van der Waals surface area contributed by atoms with Crippen molar-refractivity contribution < 1.29 is 29.0 Å². The molecule has 0 aliphatic heterocycles. The van der Waals surface area contributed by atoms with E-state index in [0.29, 0.717) is 13.0 Å². The van der Waals surface area contributed by atoms with Crippen LogP contribution in [-0.4, -0.2) is 103 Å². The summed E-state index contributed by atoms with van der Waals surface area (Å²) in [5, 5.41) is 17.0. The molecule has 51 heavy (non-hydrogen) atoms. The fourth-order valence-electron chi connectivity index (χ4n) is 7.01. The van der Waals surface area contributed by atoms with Crippen LogP contribution in [0.5, 0.6) is 0 Å². The molecule has 0 spiro atoms. The van der Waals surface area contributed by atoms with Crippen LogP contribution in [0.25, 0.3) is 0 Å². The van der Waals surface area contributed by atoms with Gasteiger partial charge < -0.3 is 35.0 Å². The Balaban J connectivity index is 3.25. The SMILES string of the molecule is C=C(C[C@@H](OC)C([C@@H](C)CC)N(C)C(=O)[C@@H](NC(=O)C(C)C(C)C)C(C)C)N(CCC)[C@@H](C)[C@H](OC)[C@@H](C)C(=O)N[C@H](C)[C@@H](O)C1=CCCC=C1. The van der Waals surface area contributed by atoms with Gasteiger partial charge in [-0.15, -0.1) is 0 Å². The summed E-state index contributed by atoms with van der Waals surface area (Å²) in [7, 11) is 5.11. The van der Waals surface area contributed by atoms with Crippen molar-refractivity contribution in [1.82, 2.24) is 20.4 Å². The normalized spacial score (nSPS) is 19.1. The zero-order valence-electron chi connectivity index (χ0n) is 34.5. The van der Waals surface area contributed by atoms with Crippen molar-refractivity contribution >= 4 is 17.7 Å². The molecule has 3 amide bonds. The van der Waals surface area contributed by atoms with Gasteiger partial charge in [-0.25, -0.2) is 0 Å². The minimum absolute atomic E-state index is 0.0968. The molecule has 3 N–H and O–H groups in total. The van der Waals surface area contributed by atoms with Gasteiger partial charge in [-0.3, -0.25) is 14.4 Å². The second-order valence-electron chi connectivity index (χ2n) is 15.5. The van der Waals surface area contributed by atoms with Gasteiger partial charge in [0.2, 0.25) is 17.7 Å². The van der Waals surface area contributed by atoms with E-state index in [9.17, 15) is 19.5 Å². The second kappa shape index (κ2) is 22.4. The molecule has 2 unspecified atom stereocenters. The third-order valence-electron chi connectivity index (χ3n) is 11.0. The Bertz CT molecular complexity index is 1170. The number of likely N-dealkylation sites (N-methyl/N-ethyl adjacent to an activating group) is 1. The molecule has 1 rings (SSSR count). The first-order valence-electron chi connectivity index (χ1n) is 19.3. The molecular formula is C41H74N4O6. The first-order chi connectivity index (χ1) is 23.9. The van der Waals surface area contributed by atoms with Crippen LogP contribution in [0.4, 0.5) is 0 Å². The molecular weight excluding hydrogens is 644 g/mol. The Morgan fingerprint density at radius 3 is 1.98 bits per heavy atom. The van der Waals surface area contributed by atoms with Crippen molar-refractivity contribution in [2.45, 2.75) is 151 Å². The Morgan fingerprint density at radius 2 is 1.51 bits per heavy atom. The first kappa shape index (κ1) is 46.3. The minimum atomic E-state index is -0.794. The average Bonchev–Trinajstić information content (AvgIpc) is 3.11. The summed E-state index contributed by atoms with van der Waals surface area (Å²) in [4.78, 5) is 44.7. The van der Waals surface area contributed by atoms with Crippen LogP contribution in [0.1, 0.15) is 108 Å². The highest BCUT2D eigenvalue weighted by Gasteiger charge is 2.39. The minimum Gasteiger partial charge on any atom is -0.386 e. The van der Waals surface area contributed by atoms with Crippen LogP contribution in [0.15, 0.2) is 36.1 Å². The summed E-state index contributed by atoms with van der Waals surface area (Å²) in [5.74, 6) is -1.03. The van der Waals surface area contributed by atoms with E-state index in [2.05, 4.69) is 42.9 Å². The summed E-state index contributed by atoms with van der Waals surface area (Å²) >= 11 is 0. The zero-order chi connectivity index (χ0) is 39.2. The van der Waals surface area contributed by atoms with Crippen molar-refractivity contribution in [3.05, 3.63) is 36.1 Å². The zero-order valence-corrected chi connectivity index (χ0v) is 34.5. The highest BCUT2D eigenvalue weighted by Crippen LogP contribution is 2.29. The Kier molecular flexibility index (Phi) is 20.3. The standard InChI is InChI=1S/C41H74N4O6/c1-16-23-45(32(12)38(51-15)30(10)40(48)42-31(11)37(46)33-21-19-18-20-22-33)28(8)24-34(50-14)36(27(7)17-2)44(13)41(49)35(26(5)6)43-39(47)29(9)25(3)4/h19,21-22,25-27,29-32,34-38,46H,8,16-18,20,23-24H2,1-7,9-15H3,(H,42,48)(H,43,47)/t27-,29?,30+,31+,32-,34+,35-,36?,37+,38+/m0/s1. The molecule has 1 aliphatic carbocycles. The quantitative estimate of drug-likeness (QED) is 0.117. The highest BCUT2D eigenvalue weighted by molar-refractivity contribution is 5.88. The number of hydrogen-bond acceptors (Lipinski definition) is 7. The second-order valence-corrected chi connectivity index (χ2v) is 15.5. The third-order valence-corrected chi connectivity index (χ3v) is 11.0. The van der Waals surface area contributed by atoms with E-state index in [4.69, 9.17) is 9.47 Å². The molecule has 10 heteroatoms. The number of allylic oxidation sites excluding steroid dienone is 2. The smallest absolute Gasteiger partial charge is 0.245 e. The van der Waals surface area contributed by atoms with E-state index >= 15 is 0 Å². The molecule has 0 saturated carbocycles. The molecule has 10 atom stereocenters. The van der Waals surface area contributed by atoms with Gasteiger partial charge in [0, 0.05) is 45.8 Å². The monoisotopic (exact) mass is 719 g/mol. The Labute approximate surface area is 310 Å². The summed E-state index contributed by atoms with van der Waals surface area (Å²) in [6.07, 6.45) is 8.32. The molecule has 0 bridgehead atoms. The van der Waals surface area contributed by atoms with Gasteiger partial charge in [-0.2, -0.15) is 0 Å². The predicted molar refractivity (Wildman–Crippen MR) is 208 cm³/mol. The molecule has 0 aromatic rings. The summed E-state index contributed by atoms with van der Waals surface area (Å²) in [6.45, 7) is 27.1. The van der Waals surface area contributed by atoms with Crippen LogP contribution in [0.3, 0.4) is 0 Å². The van der Waals surface area contributed by atoms with Gasteiger partial charge >= 0.3 is 0 Å². The maximum absolute atomic E-state index is 14.1. The lowest BCUT2D eigenvalue weighted by atomic mass is 9.88. The molecule has 0 aromatic heterocycles. The summed E-state index contributed by atoms with van der Waals surface area (Å²) in [5.41, 5.74) is 1.66. The number of hydrogen-bond donors (Lipinski definition) is 3. The maximum atomic E-state index is 14.1. The van der Waals surface area contributed by atoms with E-state index in [1.807, 2.05) is 80.7 Å². The molecule has 1 aliphatic rings. The third kappa shape index (κ3) is 13.0. The number of amides is 3. The average molecular weight is 719 g/mol. The Hall–Kier alpha value is -2.69. The fourth-order valence-corrected chi connectivity index (χ4v) is 7.01. The van der Waals surface area contributed by atoms with E-state index in [1.165, 1.54) is 0 Å². The topological polar surface area (TPSA) is 120 Å². The molecule has 0 heterocycles.